The lowest BCUT2D eigenvalue weighted by atomic mass is 9.95. The maximum Gasteiger partial charge on any atom is 0.319 e. The standard InChI is InChI=1S/C33H39ClF3N7O3/c34-26-21-4-1-2-5-25(45)39-8-6-19-15-43(10-11-46-17-19)31-23-14-40-29(22(21)12-24(38)27(26)36)28(37)30(23)41-32(42-31)47-18-33-7-3-9-44(33)16-20(35)13-33/h12,14,19-20H,1-11,13,15-18,38H2,(H,39,45)/t19?,20-,33+/m1/s1. The lowest BCUT2D eigenvalue weighted by Crippen LogP contribution is -2.43. The highest BCUT2D eigenvalue weighted by Crippen LogP contribution is 2.42. The highest BCUT2D eigenvalue weighted by molar-refractivity contribution is 6.32. The Balaban J connectivity index is 1.35. The molecule has 3 atom stereocenters. The van der Waals surface area contributed by atoms with E-state index in [4.69, 9.17) is 31.8 Å². The number of alkyl halides is 1. The van der Waals surface area contributed by atoms with Crippen LogP contribution in [0.25, 0.3) is 22.2 Å². The minimum atomic E-state index is -0.929. The summed E-state index contributed by atoms with van der Waals surface area (Å²) in [5.41, 5.74) is 5.81. The topological polar surface area (TPSA) is 119 Å². The number of hydrogen-bond acceptors (Lipinski definition) is 9. The fourth-order valence-corrected chi connectivity index (χ4v) is 7.95. The van der Waals surface area contributed by atoms with Gasteiger partial charge >= 0.3 is 6.01 Å². The third kappa shape index (κ3) is 6.29. The molecular formula is C33H39ClF3N7O3. The number of anilines is 2. The van der Waals surface area contributed by atoms with Crippen LogP contribution in [0.5, 0.6) is 6.01 Å². The van der Waals surface area contributed by atoms with Gasteiger partial charge in [0.2, 0.25) is 5.91 Å². The summed E-state index contributed by atoms with van der Waals surface area (Å²) >= 11 is 6.47. The monoisotopic (exact) mass is 673 g/mol. The Morgan fingerprint density at radius 3 is 2.87 bits per heavy atom. The van der Waals surface area contributed by atoms with E-state index in [0.717, 1.165) is 19.4 Å². The summed E-state index contributed by atoms with van der Waals surface area (Å²) in [5, 5.41) is 3.18. The van der Waals surface area contributed by atoms with Gasteiger partial charge in [0.1, 0.15) is 29.8 Å². The van der Waals surface area contributed by atoms with Gasteiger partial charge in [-0.3, -0.25) is 14.7 Å². The zero-order valence-electron chi connectivity index (χ0n) is 26.2. The highest BCUT2D eigenvalue weighted by atomic mass is 35.5. The fraction of sp³-hybridized carbons (Fsp3) is 0.576. The van der Waals surface area contributed by atoms with E-state index in [0.29, 0.717) is 88.3 Å². The number of amides is 1. The number of fused-ring (bicyclic) bond motifs is 9. The third-order valence-corrected chi connectivity index (χ3v) is 10.5. The van der Waals surface area contributed by atoms with E-state index in [1.54, 1.807) is 0 Å². The number of aromatic nitrogens is 3. The van der Waals surface area contributed by atoms with Gasteiger partial charge in [-0.25, -0.2) is 13.2 Å². The van der Waals surface area contributed by atoms with Crippen LogP contribution < -0.4 is 20.7 Å². The summed E-state index contributed by atoms with van der Waals surface area (Å²) in [5.74, 6) is -1.09. The second-order valence-corrected chi connectivity index (χ2v) is 13.6. The van der Waals surface area contributed by atoms with Crippen molar-refractivity contribution in [2.24, 2.45) is 5.92 Å². The molecule has 1 unspecified atom stereocenters. The van der Waals surface area contributed by atoms with Crippen molar-refractivity contribution < 1.29 is 27.4 Å². The Hall–Kier alpha value is -3.42. The molecule has 3 fully saturated rings. The molecule has 0 aliphatic carbocycles. The second-order valence-electron chi connectivity index (χ2n) is 13.2. The first-order chi connectivity index (χ1) is 22.7. The van der Waals surface area contributed by atoms with Crippen molar-refractivity contribution in [2.45, 2.75) is 63.1 Å². The van der Waals surface area contributed by atoms with Gasteiger partial charge in [-0.05, 0) is 56.7 Å². The molecule has 6 bridgehead atoms. The molecule has 2 aromatic heterocycles. The molecule has 1 amide bonds. The SMILES string of the molecule is Nc1cc2c(c(Cl)c1F)CCCCC(=O)NCCC1COCCN(C1)c1nc(OC[C@@]34CCCN3C[C@H](F)C4)nc3c(F)c-2ncc13. The molecule has 3 aromatic rings. The average Bonchev–Trinajstić information content (AvgIpc) is 3.47. The smallest absolute Gasteiger partial charge is 0.319 e. The van der Waals surface area contributed by atoms with Crippen LogP contribution in [-0.2, 0) is 16.0 Å². The summed E-state index contributed by atoms with van der Waals surface area (Å²) in [6.07, 6.45) is 5.00. The highest BCUT2D eigenvalue weighted by Gasteiger charge is 2.49. The minimum Gasteiger partial charge on any atom is -0.461 e. The second kappa shape index (κ2) is 13.2. The summed E-state index contributed by atoms with van der Waals surface area (Å²) < 4.78 is 58.4. The van der Waals surface area contributed by atoms with E-state index in [-0.39, 0.29) is 58.3 Å². The number of rotatable bonds is 3. The molecule has 14 heteroatoms. The Morgan fingerprint density at radius 1 is 1.15 bits per heavy atom. The van der Waals surface area contributed by atoms with Crippen LogP contribution in [0.2, 0.25) is 5.02 Å². The summed E-state index contributed by atoms with van der Waals surface area (Å²) in [4.78, 5) is 30.6. The Morgan fingerprint density at radius 2 is 2.00 bits per heavy atom. The molecule has 7 heterocycles. The molecule has 1 aromatic carbocycles. The maximum atomic E-state index is 16.8. The lowest BCUT2D eigenvalue weighted by Gasteiger charge is -2.31. The van der Waals surface area contributed by atoms with E-state index < -0.39 is 23.3 Å². The normalized spacial score (nSPS) is 25.7. The van der Waals surface area contributed by atoms with Crippen LogP contribution in [-0.4, -0.2) is 90.0 Å². The van der Waals surface area contributed by atoms with Gasteiger partial charge in [0.25, 0.3) is 0 Å². The van der Waals surface area contributed by atoms with Gasteiger partial charge in [-0.1, -0.05) is 11.6 Å². The third-order valence-electron chi connectivity index (χ3n) is 10.1. The van der Waals surface area contributed by atoms with E-state index >= 15 is 4.39 Å². The Labute approximate surface area is 276 Å². The molecule has 5 aliphatic heterocycles. The minimum absolute atomic E-state index is 0.00867. The number of benzene rings is 1. The van der Waals surface area contributed by atoms with Crippen molar-refractivity contribution in [3.8, 4) is 17.3 Å². The number of carbonyl (C=O) groups is 1. The predicted octanol–water partition coefficient (Wildman–Crippen LogP) is 4.85. The number of ether oxygens (including phenoxy) is 2. The molecule has 8 rings (SSSR count). The van der Waals surface area contributed by atoms with Crippen LogP contribution in [0.3, 0.4) is 0 Å². The van der Waals surface area contributed by atoms with Crippen LogP contribution in [0.1, 0.15) is 50.5 Å². The zero-order valence-corrected chi connectivity index (χ0v) is 26.9. The molecule has 5 aliphatic rings. The molecular weight excluding hydrogens is 635 g/mol. The van der Waals surface area contributed by atoms with Crippen molar-refractivity contribution in [1.29, 1.82) is 0 Å². The number of hydrogen-bond donors (Lipinski definition) is 2. The number of nitrogen functional groups attached to an aromatic ring is 1. The molecule has 0 radical (unpaired) electrons. The number of nitrogens with two attached hydrogens (primary N) is 1. The van der Waals surface area contributed by atoms with E-state index in [2.05, 4.69) is 20.2 Å². The van der Waals surface area contributed by atoms with Crippen molar-refractivity contribution in [2.75, 3.05) is 63.2 Å². The number of carbonyl (C=O) groups excluding carboxylic acids is 1. The fourth-order valence-electron chi connectivity index (χ4n) is 7.64. The van der Waals surface area contributed by atoms with Crippen molar-refractivity contribution >= 4 is 39.9 Å². The molecule has 0 saturated carbocycles. The first kappa shape index (κ1) is 32.1. The van der Waals surface area contributed by atoms with Gasteiger partial charge in [0.15, 0.2) is 11.6 Å². The molecule has 47 heavy (non-hydrogen) atoms. The molecule has 252 valence electrons. The first-order valence-electron chi connectivity index (χ1n) is 16.5. The largest absolute Gasteiger partial charge is 0.461 e. The number of nitrogens with zero attached hydrogens (tertiary/aromatic N) is 5. The van der Waals surface area contributed by atoms with Crippen molar-refractivity contribution in [3.05, 3.63) is 34.5 Å². The molecule has 3 saturated heterocycles. The van der Waals surface area contributed by atoms with E-state index in [1.165, 1.54) is 12.3 Å². The molecule has 3 N–H and O–H groups in total. The zero-order chi connectivity index (χ0) is 32.7. The van der Waals surface area contributed by atoms with E-state index in [1.807, 2.05) is 4.90 Å². The van der Waals surface area contributed by atoms with E-state index in [9.17, 15) is 13.6 Å². The van der Waals surface area contributed by atoms with Crippen molar-refractivity contribution in [3.63, 3.8) is 0 Å². The Kier molecular flexibility index (Phi) is 9.05. The average molecular weight is 674 g/mol. The number of nitrogens with one attached hydrogen (secondary N) is 1. The van der Waals surface area contributed by atoms with Gasteiger partial charge < -0.3 is 25.4 Å². The van der Waals surface area contributed by atoms with Crippen molar-refractivity contribution in [1.82, 2.24) is 25.2 Å². The van der Waals surface area contributed by atoms with Crippen LogP contribution in [0.4, 0.5) is 24.7 Å². The van der Waals surface area contributed by atoms with Gasteiger partial charge in [0, 0.05) is 56.7 Å². The summed E-state index contributed by atoms with van der Waals surface area (Å²) in [6.45, 7) is 3.79. The summed E-state index contributed by atoms with van der Waals surface area (Å²) in [7, 11) is 0. The molecule has 10 nitrogen and oxygen atoms in total. The van der Waals surface area contributed by atoms with Crippen LogP contribution in [0.15, 0.2) is 12.3 Å². The quantitative estimate of drug-likeness (QED) is 0.377. The number of pyridine rings is 1. The Bertz CT molecular complexity index is 1680. The van der Waals surface area contributed by atoms with Gasteiger partial charge in [0.05, 0.1) is 34.8 Å². The first-order valence-corrected chi connectivity index (χ1v) is 16.8. The van der Waals surface area contributed by atoms with Crippen LogP contribution >= 0.6 is 11.6 Å². The van der Waals surface area contributed by atoms with Gasteiger partial charge in [-0.2, -0.15) is 9.97 Å². The molecule has 0 spiro atoms. The lowest BCUT2D eigenvalue weighted by molar-refractivity contribution is -0.121. The van der Waals surface area contributed by atoms with Crippen LogP contribution in [0, 0.1) is 17.6 Å². The summed E-state index contributed by atoms with van der Waals surface area (Å²) in [6, 6.07) is 1.32. The predicted molar refractivity (Wildman–Crippen MR) is 172 cm³/mol. The maximum absolute atomic E-state index is 16.8. The number of halogens is 4. The van der Waals surface area contributed by atoms with Gasteiger partial charge in [-0.15, -0.1) is 0 Å².